The molecule has 0 saturated heterocycles. The molecule has 7 nitrogen and oxygen atoms in total. The number of hydrogen-bond donors (Lipinski definition) is 5. The number of hydrogen-bond acceptors (Lipinski definition) is 4. The van der Waals surface area contributed by atoms with Crippen LogP contribution in [0.4, 0.5) is 0 Å². The second-order valence-corrected chi connectivity index (χ2v) is 7.97. The van der Waals surface area contributed by atoms with Crippen molar-refractivity contribution in [2.24, 2.45) is 5.73 Å². The predicted molar refractivity (Wildman–Crippen MR) is 128 cm³/mol. The van der Waals surface area contributed by atoms with Gasteiger partial charge in [0, 0.05) is 18.2 Å². The number of nitrogens with one attached hydrogen (secondary N) is 4. The van der Waals surface area contributed by atoms with E-state index in [1.807, 2.05) is 18.2 Å². The molecule has 6 N–H and O–H groups in total. The monoisotopic (exact) mass is 437 g/mol. The van der Waals surface area contributed by atoms with Crippen LogP contribution in [0.3, 0.4) is 0 Å². The second-order valence-electron chi connectivity index (χ2n) is 7.97. The molecule has 0 heterocycles. The van der Waals surface area contributed by atoms with Gasteiger partial charge < -0.3 is 21.7 Å². The highest BCUT2D eigenvalue weighted by Gasteiger charge is 2.19. The van der Waals surface area contributed by atoms with Crippen LogP contribution in [0.5, 0.6) is 0 Å². The van der Waals surface area contributed by atoms with E-state index in [9.17, 15) is 9.59 Å². The fraction of sp³-hybridized carbons (Fsp3) is 0.400. The number of amidine groups is 1. The summed E-state index contributed by atoms with van der Waals surface area (Å²) in [6, 6.07) is 17.4. The molecule has 1 aliphatic carbocycles. The molecule has 32 heavy (non-hydrogen) atoms. The first-order valence-corrected chi connectivity index (χ1v) is 11.2. The Kier molecular flexibility index (Phi) is 10.4. The highest BCUT2D eigenvalue weighted by molar-refractivity contribution is 5.94. The molecule has 0 aliphatic heterocycles. The van der Waals surface area contributed by atoms with Crippen molar-refractivity contribution in [1.29, 1.82) is 5.41 Å². The minimum absolute atomic E-state index is 0.0115. The Bertz CT molecular complexity index is 864. The Morgan fingerprint density at radius 1 is 1.06 bits per heavy atom. The van der Waals surface area contributed by atoms with Gasteiger partial charge in [-0.05, 0) is 37.3 Å². The average Bonchev–Trinajstić information content (AvgIpc) is 2.77. The van der Waals surface area contributed by atoms with Crippen molar-refractivity contribution >= 4 is 17.6 Å². The first kappa shape index (κ1) is 25.1. The maximum atomic E-state index is 12.0. The number of nitrogens with two attached hydrogens (primary N) is 1. The van der Waals surface area contributed by atoms with Gasteiger partial charge in [-0.3, -0.25) is 15.0 Å². The molecule has 0 spiro atoms. The van der Waals surface area contributed by atoms with E-state index in [1.54, 1.807) is 19.1 Å². The van der Waals surface area contributed by atoms with E-state index in [1.165, 1.54) is 12.0 Å². The molecule has 1 saturated carbocycles. The van der Waals surface area contributed by atoms with Crippen molar-refractivity contribution in [2.45, 2.75) is 58.2 Å². The molecule has 3 rings (SSSR count). The summed E-state index contributed by atoms with van der Waals surface area (Å²) in [7, 11) is 0. The fourth-order valence-corrected chi connectivity index (χ4v) is 3.07. The third kappa shape index (κ3) is 8.89. The van der Waals surface area contributed by atoms with Gasteiger partial charge in [0.25, 0.3) is 0 Å². The van der Waals surface area contributed by atoms with Gasteiger partial charge in [0.05, 0.1) is 6.54 Å². The molecule has 0 aromatic heterocycles. The molecular weight excluding hydrogens is 402 g/mol. The average molecular weight is 438 g/mol. The predicted octanol–water partition coefficient (Wildman–Crippen LogP) is 2.48. The standard InChI is InChI=1S/C17H25N5O2.C8H10/c1-11(22-15(23)10-20-14-3-2-4-14)17(24)21-9-12-5-7-13(8-6-12)16(18)19;1-2-8-6-4-3-5-7-8/h5-8,11,14,20H,2-4,9-10H2,1H3,(H3,18,19)(H,21,24)(H,22,23);3-7H,2H2,1H3. The van der Waals surface area contributed by atoms with Crippen molar-refractivity contribution in [3.63, 3.8) is 0 Å². The van der Waals surface area contributed by atoms with Crippen molar-refractivity contribution in [2.75, 3.05) is 6.54 Å². The highest BCUT2D eigenvalue weighted by atomic mass is 16.2. The molecule has 2 aromatic rings. The van der Waals surface area contributed by atoms with Crippen LogP contribution in [0.1, 0.15) is 49.8 Å². The highest BCUT2D eigenvalue weighted by Crippen LogP contribution is 2.17. The van der Waals surface area contributed by atoms with E-state index in [0.717, 1.165) is 24.8 Å². The van der Waals surface area contributed by atoms with E-state index >= 15 is 0 Å². The lowest BCUT2D eigenvalue weighted by atomic mass is 9.93. The molecular formula is C25H35N5O2. The number of aryl methyl sites for hydroxylation is 1. The van der Waals surface area contributed by atoms with Crippen molar-refractivity contribution in [1.82, 2.24) is 16.0 Å². The van der Waals surface area contributed by atoms with E-state index < -0.39 is 6.04 Å². The maximum Gasteiger partial charge on any atom is 0.242 e. The largest absolute Gasteiger partial charge is 0.384 e. The zero-order chi connectivity index (χ0) is 23.3. The Hall–Kier alpha value is -3.19. The molecule has 2 amide bonds. The lowest BCUT2D eigenvalue weighted by molar-refractivity contribution is -0.128. The normalized spacial score (nSPS) is 13.7. The van der Waals surface area contributed by atoms with Gasteiger partial charge in [0.2, 0.25) is 11.8 Å². The molecule has 2 aromatic carbocycles. The lowest BCUT2D eigenvalue weighted by Crippen LogP contribution is -2.49. The Labute approximate surface area is 190 Å². The number of amides is 2. The molecule has 1 aliphatic rings. The molecule has 0 bridgehead atoms. The summed E-state index contributed by atoms with van der Waals surface area (Å²) in [6.45, 7) is 4.43. The van der Waals surface area contributed by atoms with E-state index in [0.29, 0.717) is 18.2 Å². The van der Waals surface area contributed by atoms with E-state index in [4.69, 9.17) is 11.1 Å². The Morgan fingerprint density at radius 2 is 1.72 bits per heavy atom. The second kappa shape index (κ2) is 13.3. The van der Waals surface area contributed by atoms with Gasteiger partial charge >= 0.3 is 0 Å². The number of benzene rings is 2. The van der Waals surface area contributed by atoms with Gasteiger partial charge in [-0.1, -0.05) is 67.9 Å². The van der Waals surface area contributed by atoms with Crippen molar-refractivity contribution in [3.8, 4) is 0 Å². The summed E-state index contributed by atoms with van der Waals surface area (Å²) in [5.74, 6) is -0.393. The summed E-state index contributed by atoms with van der Waals surface area (Å²) in [6.07, 6.45) is 4.59. The molecule has 1 fully saturated rings. The van der Waals surface area contributed by atoms with Gasteiger partial charge in [-0.25, -0.2) is 0 Å². The van der Waals surface area contributed by atoms with Crippen molar-refractivity contribution in [3.05, 3.63) is 71.3 Å². The number of rotatable bonds is 9. The topological polar surface area (TPSA) is 120 Å². The summed E-state index contributed by atoms with van der Waals surface area (Å²) < 4.78 is 0. The molecule has 0 radical (unpaired) electrons. The van der Waals surface area contributed by atoms with Gasteiger partial charge in [-0.15, -0.1) is 0 Å². The number of carbonyl (C=O) groups is 2. The number of carbonyl (C=O) groups excluding carboxylic acids is 2. The quantitative estimate of drug-likeness (QED) is 0.306. The van der Waals surface area contributed by atoms with Crippen LogP contribution < -0.4 is 21.7 Å². The zero-order valence-electron chi connectivity index (χ0n) is 19.0. The Morgan fingerprint density at radius 3 is 2.22 bits per heavy atom. The zero-order valence-corrected chi connectivity index (χ0v) is 19.0. The van der Waals surface area contributed by atoms with Crippen LogP contribution in [-0.2, 0) is 22.6 Å². The molecule has 1 atom stereocenters. The molecule has 172 valence electrons. The smallest absolute Gasteiger partial charge is 0.242 e. The van der Waals surface area contributed by atoms with Crippen LogP contribution in [0.25, 0.3) is 0 Å². The van der Waals surface area contributed by atoms with Gasteiger partial charge in [0.1, 0.15) is 11.9 Å². The third-order valence-corrected chi connectivity index (χ3v) is 5.41. The number of nitrogen functional groups attached to an aromatic ring is 1. The minimum Gasteiger partial charge on any atom is -0.384 e. The van der Waals surface area contributed by atoms with Gasteiger partial charge in [0.15, 0.2) is 0 Å². The van der Waals surface area contributed by atoms with E-state index in [-0.39, 0.29) is 24.2 Å². The summed E-state index contributed by atoms with van der Waals surface area (Å²) in [4.78, 5) is 23.8. The van der Waals surface area contributed by atoms with Gasteiger partial charge in [-0.2, -0.15) is 0 Å². The van der Waals surface area contributed by atoms with Crippen LogP contribution in [0.2, 0.25) is 0 Å². The van der Waals surface area contributed by atoms with Crippen molar-refractivity contribution < 1.29 is 9.59 Å². The van der Waals surface area contributed by atoms with Crippen LogP contribution in [-0.4, -0.2) is 36.3 Å². The van der Waals surface area contributed by atoms with Crippen LogP contribution in [0, 0.1) is 5.41 Å². The van der Waals surface area contributed by atoms with Crippen LogP contribution >= 0.6 is 0 Å². The SMILES string of the molecule is CC(NC(=O)CNC1CCC1)C(=O)NCc1ccc(C(=N)N)cc1.CCc1ccccc1. The first-order chi connectivity index (χ1) is 15.4. The maximum absolute atomic E-state index is 12.0. The summed E-state index contributed by atoms with van der Waals surface area (Å²) in [5.41, 5.74) is 8.35. The molecule has 7 heteroatoms. The third-order valence-electron chi connectivity index (χ3n) is 5.41. The van der Waals surface area contributed by atoms with E-state index in [2.05, 4.69) is 47.1 Å². The fourth-order valence-electron chi connectivity index (χ4n) is 3.07. The first-order valence-electron chi connectivity index (χ1n) is 11.2. The Balaban J connectivity index is 0.000000380. The lowest BCUT2D eigenvalue weighted by Gasteiger charge is -2.26. The minimum atomic E-state index is -0.586. The summed E-state index contributed by atoms with van der Waals surface area (Å²) in [5, 5.41) is 16.0. The molecule has 1 unspecified atom stereocenters. The summed E-state index contributed by atoms with van der Waals surface area (Å²) >= 11 is 0. The van der Waals surface area contributed by atoms with Crippen LogP contribution in [0.15, 0.2) is 54.6 Å².